The number of benzene rings is 2. The first-order valence-electron chi connectivity index (χ1n) is 10.8. The zero-order valence-electron chi connectivity index (χ0n) is 18.3. The van der Waals surface area contributed by atoms with Crippen LogP contribution in [0.15, 0.2) is 53.5 Å². The first-order valence-corrected chi connectivity index (χ1v) is 10.8. The van der Waals surface area contributed by atoms with Crippen molar-refractivity contribution in [1.82, 2.24) is 10.2 Å². The van der Waals surface area contributed by atoms with E-state index < -0.39 is 0 Å². The van der Waals surface area contributed by atoms with Gasteiger partial charge in [0.25, 0.3) is 0 Å². The van der Waals surface area contributed by atoms with E-state index in [0.717, 1.165) is 64.4 Å². The molecule has 0 amide bonds. The van der Waals surface area contributed by atoms with Crippen molar-refractivity contribution < 1.29 is 4.74 Å². The zero-order chi connectivity index (χ0) is 21.2. The number of hydrogen-bond donors (Lipinski definition) is 2. The number of aryl methyl sites for hydroxylation is 1. The van der Waals surface area contributed by atoms with Crippen LogP contribution in [0.1, 0.15) is 17.5 Å². The van der Waals surface area contributed by atoms with Gasteiger partial charge in [0, 0.05) is 51.5 Å². The van der Waals surface area contributed by atoms with Gasteiger partial charge in [0.2, 0.25) is 0 Å². The predicted octanol–water partition coefficient (Wildman–Crippen LogP) is 2.66. The lowest BCUT2D eigenvalue weighted by molar-refractivity contribution is 0.256. The number of rotatable bonds is 9. The molecule has 0 radical (unpaired) electrons. The van der Waals surface area contributed by atoms with E-state index in [-0.39, 0.29) is 0 Å². The van der Waals surface area contributed by atoms with Crippen molar-refractivity contribution in [2.45, 2.75) is 19.8 Å². The summed E-state index contributed by atoms with van der Waals surface area (Å²) in [5, 5.41) is 3.20. The van der Waals surface area contributed by atoms with E-state index in [2.05, 4.69) is 63.4 Å². The molecule has 162 valence electrons. The molecule has 3 N–H and O–H groups in total. The third kappa shape index (κ3) is 6.95. The van der Waals surface area contributed by atoms with Crippen molar-refractivity contribution in [3.63, 3.8) is 0 Å². The largest absolute Gasteiger partial charge is 0.497 e. The number of methoxy groups -OCH3 is 1. The molecule has 0 spiro atoms. The van der Waals surface area contributed by atoms with E-state index in [1.165, 1.54) is 16.8 Å². The number of nitrogens with zero attached hydrogens (tertiary/aromatic N) is 3. The molecule has 1 heterocycles. The van der Waals surface area contributed by atoms with E-state index in [9.17, 15) is 0 Å². The van der Waals surface area contributed by atoms with Gasteiger partial charge in [-0.2, -0.15) is 0 Å². The highest BCUT2D eigenvalue weighted by molar-refractivity contribution is 5.77. The van der Waals surface area contributed by atoms with Gasteiger partial charge in [-0.1, -0.05) is 24.3 Å². The van der Waals surface area contributed by atoms with Crippen molar-refractivity contribution in [2.75, 3.05) is 57.8 Å². The number of anilines is 1. The maximum Gasteiger partial charge on any atom is 0.188 e. The second-order valence-corrected chi connectivity index (χ2v) is 7.81. The van der Waals surface area contributed by atoms with E-state index in [4.69, 9.17) is 10.5 Å². The fourth-order valence-electron chi connectivity index (χ4n) is 3.73. The van der Waals surface area contributed by atoms with Crippen molar-refractivity contribution in [3.8, 4) is 5.75 Å². The first-order chi connectivity index (χ1) is 14.6. The number of aliphatic imine (C=N–C) groups is 1. The molecular weight excluding hydrogens is 374 g/mol. The van der Waals surface area contributed by atoms with Crippen LogP contribution in [0.5, 0.6) is 5.75 Å². The van der Waals surface area contributed by atoms with E-state index in [0.29, 0.717) is 5.96 Å². The Morgan fingerprint density at radius 3 is 2.57 bits per heavy atom. The maximum absolute atomic E-state index is 6.00. The minimum absolute atomic E-state index is 0.535. The SMILES string of the molecule is COc1ccc(CCNC(N)=NCCCN2CCN(c3cccc(C)c3)CC2)cc1. The monoisotopic (exact) mass is 409 g/mol. The standard InChI is InChI=1S/C24H35N5O/c1-20-5-3-6-22(19-20)29-17-15-28(16-18-29)14-4-12-26-24(25)27-13-11-21-7-9-23(30-2)10-8-21/h3,5-10,19H,4,11-18H2,1-2H3,(H3,25,26,27). The van der Waals surface area contributed by atoms with Gasteiger partial charge in [0.15, 0.2) is 5.96 Å². The fourth-order valence-corrected chi connectivity index (χ4v) is 3.73. The molecule has 6 heteroatoms. The summed E-state index contributed by atoms with van der Waals surface area (Å²) in [6, 6.07) is 16.9. The average Bonchev–Trinajstić information content (AvgIpc) is 2.77. The van der Waals surface area contributed by atoms with Crippen LogP contribution in [0.3, 0.4) is 0 Å². The molecule has 30 heavy (non-hydrogen) atoms. The van der Waals surface area contributed by atoms with Gasteiger partial charge in [-0.15, -0.1) is 0 Å². The quantitative estimate of drug-likeness (QED) is 0.379. The van der Waals surface area contributed by atoms with Gasteiger partial charge in [-0.25, -0.2) is 0 Å². The van der Waals surface area contributed by atoms with Crippen LogP contribution in [0, 0.1) is 6.92 Å². The molecular formula is C24H35N5O. The Labute approximate surface area is 180 Å². The molecule has 0 atom stereocenters. The van der Waals surface area contributed by atoms with Gasteiger partial charge >= 0.3 is 0 Å². The Kier molecular flexibility index (Phi) is 8.39. The highest BCUT2D eigenvalue weighted by Crippen LogP contribution is 2.17. The Bertz CT molecular complexity index is 797. The number of nitrogens with two attached hydrogens (primary N) is 1. The highest BCUT2D eigenvalue weighted by atomic mass is 16.5. The Balaban J connectivity index is 1.28. The van der Waals surface area contributed by atoms with Crippen LogP contribution < -0.4 is 20.7 Å². The first kappa shape index (κ1) is 22.0. The lowest BCUT2D eigenvalue weighted by Gasteiger charge is -2.36. The molecule has 2 aromatic rings. The van der Waals surface area contributed by atoms with Crippen molar-refractivity contribution in [1.29, 1.82) is 0 Å². The minimum Gasteiger partial charge on any atom is -0.497 e. The minimum atomic E-state index is 0.535. The molecule has 2 aromatic carbocycles. The Morgan fingerprint density at radius 1 is 1.10 bits per heavy atom. The van der Waals surface area contributed by atoms with Crippen molar-refractivity contribution >= 4 is 11.6 Å². The number of guanidine groups is 1. The summed E-state index contributed by atoms with van der Waals surface area (Å²) >= 11 is 0. The van der Waals surface area contributed by atoms with Crippen LogP contribution in [-0.4, -0.2) is 63.8 Å². The van der Waals surface area contributed by atoms with Crippen molar-refractivity contribution in [2.24, 2.45) is 10.7 Å². The predicted molar refractivity (Wildman–Crippen MR) is 126 cm³/mol. The van der Waals surface area contributed by atoms with Crippen LogP contribution in [-0.2, 0) is 6.42 Å². The molecule has 0 aliphatic carbocycles. The number of piperazine rings is 1. The second kappa shape index (κ2) is 11.5. The summed E-state index contributed by atoms with van der Waals surface area (Å²) in [6.07, 6.45) is 1.94. The molecule has 0 unspecified atom stereocenters. The third-order valence-electron chi connectivity index (χ3n) is 5.53. The van der Waals surface area contributed by atoms with Gasteiger partial charge in [0.1, 0.15) is 5.75 Å². The van der Waals surface area contributed by atoms with Crippen LogP contribution in [0.4, 0.5) is 5.69 Å². The fraction of sp³-hybridized carbons (Fsp3) is 0.458. The average molecular weight is 410 g/mol. The normalized spacial score (nSPS) is 15.3. The van der Waals surface area contributed by atoms with E-state index in [1.54, 1.807) is 7.11 Å². The third-order valence-corrected chi connectivity index (χ3v) is 5.53. The Hall–Kier alpha value is -2.73. The summed E-state index contributed by atoms with van der Waals surface area (Å²) in [5.74, 6) is 1.41. The summed E-state index contributed by atoms with van der Waals surface area (Å²) in [5.41, 5.74) is 9.91. The summed E-state index contributed by atoms with van der Waals surface area (Å²) in [6.45, 7) is 9.15. The molecule has 1 aliphatic heterocycles. The summed E-state index contributed by atoms with van der Waals surface area (Å²) < 4.78 is 5.18. The molecule has 0 bridgehead atoms. The van der Waals surface area contributed by atoms with E-state index in [1.807, 2.05) is 12.1 Å². The van der Waals surface area contributed by atoms with Crippen LogP contribution >= 0.6 is 0 Å². The molecule has 0 aromatic heterocycles. The second-order valence-electron chi connectivity index (χ2n) is 7.81. The highest BCUT2D eigenvalue weighted by Gasteiger charge is 2.16. The van der Waals surface area contributed by atoms with Gasteiger partial charge < -0.3 is 20.7 Å². The molecule has 0 saturated carbocycles. The summed E-state index contributed by atoms with van der Waals surface area (Å²) in [7, 11) is 1.68. The van der Waals surface area contributed by atoms with Gasteiger partial charge in [-0.05, 0) is 55.2 Å². The van der Waals surface area contributed by atoms with Gasteiger partial charge in [-0.3, -0.25) is 9.89 Å². The Morgan fingerprint density at radius 2 is 1.87 bits per heavy atom. The molecule has 1 saturated heterocycles. The molecule has 1 fully saturated rings. The molecule has 6 nitrogen and oxygen atoms in total. The lowest BCUT2D eigenvalue weighted by atomic mass is 10.1. The summed E-state index contributed by atoms with van der Waals surface area (Å²) in [4.78, 5) is 9.47. The molecule has 3 rings (SSSR count). The lowest BCUT2D eigenvalue weighted by Crippen LogP contribution is -2.46. The number of nitrogens with one attached hydrogen (secondary N) is 1. The number of hydrogen-bond acceptors (Lipinski definition) is 4. The van der Waals surface area contributed by atoms with E-state index >= 15 is 0 Å². The maximum atomic E-state index is 6.00. The molecule has 1 aliphatic rings. The topological polar surface area (TPSA) is 66.1 Å². The zero-order valence-corrected chi connectivity index (χ0v) is 18.3. The van der Waals surface area contributed by atoms with Crippen LogP contribution in [0.2, 0.25) is 0 Å². The smallest absolute Gasteiger partial charge is 0.188 e. The van der Waals surface area contributed by atoms with Gasteiger partial charge in [0.05, 0.1) is 7.11 Å². The van der Waals surface area contributed by atoms with Crippen molar-refractivity contribution in [3.05, 3.63) is 59.7 Å². The number of ether oxygens (including phenoxy) is 1. The van der Waals surface area contributed by atoms with Crippen LogP contribution in [0.25, 0.3) is 0 Å².